The first kappa shape index (κ1) is 27.4. The molecule has 3 aliphatic rings. The Kier molecular flexibility index (Phi) is 7.73. The van der Waals surface area contributed by atoms with Gasteiger partial charge in [-0.25, -0.2) is 18.1 Å². The summed E-state index contributed by atoms with van der Waals surface area (Å²) in [5, 5.41) is 5.62. The highest BCUT2D eigenvalue weighted by molar-refractivity contribution is 7.91. The quantitative estimate of drug-likeness (QED) is 0.345. The van der Waals surface area contributed by atoms with Gasteiger partial charge in [0.1, 0.15) is 0 Å². The van der Waals surface area contributed by atoms with Crippen molar-refractivity contribution in [2.24, 2.45) is 0 Å². The zero-order valence-electron chi connectivity index (χ0n) is 23.9. The average Bonchev–Trinajstić information content (AvgIpc) is 3.52. The van der Waals surface area contributed by atoms with Crippen LogP contribution >= 0.6 is 0 Å². The van der Waals surface area contributed by atoms with Crippen molar-refractivity contribution in [1.29, 1.82) is 0 Å². The zero-order chi connectivity index (χ0) is 27.9. The van der Waals surface area contributed by atoms with Crippen molar-refractivity contribution in [1.82, 2.24) is 19.7 Å². The molecule has 3 heterocycles. The second kappa shape index (κ2) is 11.3. The second-order valence-electron chi connectivity index (χ2n) is 12.2. The number of pyridine rings is 1. The Hall–Kier alpha value is -2.74. The number of sulfone groups is 1. The van der Waals surface area contributed by atoms with E-state index < -0.39 is 9.84 Å². The third-order valence-corrected chi connectivity index (χ3v) is 11.2. The van der Waals surface area contributed by atoms with Crippen molar-refractivity contribution >= 4 is 26.8 Å². The first-order valence-corrected chi connectivity index (χ1v) is 17.2. The summed E-state index contributed by atoms with van der Waals surface area (Å²) in [6, 6.07) is 10.7. The van der Waals surface area contributed by atoms with Crippen LogP contribution in [0.25, 0.3) is 22.3 Å². The number of hydrogen-bond acceptors (Lipinski definition) is 5. The van der Waals surface area contributed by atoms with Gasteiger partial charge < -0.3 is 4.90 Å². The molecule has 8 heteroatoms. The van der Waals surface area contributed by atoms with Crippen LogP contribution in [-0.2, 0) is 16.3 Å². The van der Waals surface area contributed by atoms with E-state index in [0.717, 1.165) is 54.4 Å². The number of fused-ring (bicyclic) bond motifs is 1. The van der Waals surface area contributed by atoms with Crippen molar-refractivity contribution < 1.29 is 13.2 Å². The van der Waals surface area contributed by atoms with Gasteiger partial charge in [0.15, 0.2) is 15.5 Å². The van der Waals surface area contributed by atoms with Crippen LogP contribution in [0.15, 0.2) is 30.3 Å². The molecule has 1 atom stereocenters. The number of carbonyl (C=O) groups excluding carboxylic acids is 1. The Balaban J connectivity index is 1.51. The fourth-order valence-electron chi connectivity index (χ4n) is 7.25. The number of nitrogens with zero attached hydrogens (tertiary/aromatic N) is 4. The normalized spacial score (nSPS) is 22.1. The highest BCUT2D eigenvalue weighted by atomic mass is 32.2. The van der Waals surface area contributed by atoms with E-state index >= 15 is 0 Å². The molecule has 1 saturated heterocycles. The SMILES string of the molecule is CCc1ccc(-c2cc(C(=O)N(C3CCCCC3)C3CCCCC3)c3c(C)nn(C4CCS(=O)(=O)C4)c3n2)cc1. The molecule has 0 N–H and O–H groups in total. The molecule has 0 bridgehead atoms. The molecule has 3 aromatic rings. The Labute approximate surface area is 238 Å². The van der Waals surface area contributed by atoms with E-state index in [1.807, 2.05) is 17.7 Å². The van der Waals surface area contributed by atoms with Gasteiger partial charge in [-0.2, -0.15) is 5.10 Å². The highest BCUT2D eigenvalue weighted by Crippen LogP contribution is 2.36. The minimum atomic E-state index is -3.11. The number of hydrogen-bond donors (Lipinski definition) is 0. The van der Waals surface area contributed by atoms with Gasteiger partial charge in [0, 0.05) is 17.6 Å². The molecule has 40 heavy (non-hydrogen) atoms. The van der Waals surface area contributed by atoms with Gasteiger partial charge in [-0.3, -0.25) is 4.79 Å². The zero-order valence-corrected chi connectivity index (χ0v) is 24.8. The van der Waals surface area contributed by atoms with Gasteiger partial charge in [0.2, 0.25) is 0 Å². The molecule has 214 valence electrons. The van der Waals surface area contributed by atoms with Crippen LogP contribution in [0.3, 0.4) is 0 Å². The molecule has 2 aromatic heterocycles. The lowest BCUT2D eigenvalue weighted by molar-refractivity contribution is 0.0450. The number of carbonyl (C=O) groups is 1. The van der Waals surface area contributed by atoms with E-state index in [9.17, 15) is 13.2 Å². The van der Waals surface area contributed by atoms with E-state index in [0.29, 0.717) is 17.6 Å². The Morgan fingerprint density at radius 2 is 1.57 bits per heavy atom. The first-order chi connectivity index (χ1) is 19.3. The third-order valence-electron chi connectivity index (χ3n) is 9.45. The van der Waals surface area contributed by atoms with Crippen LogP contribution in [-0.4, -0.2) is 57.6 Å². The fraction of sp³-hybridized carbons (Fsp3) is 0.594. The molecule has 1 aliphatic heterocycles. The third kappa shape index (κ3) is 5.31. The maximum Gasteiger partial charge on any atom is 0.255 e. The maximum absolute atomic E-state index is 14.8. The summed E-state index contributed by atoms with van der Waals surface area (Å²) in [5.74, 6) is 0.332. The van der Waals surface area contributed by atoms with E-state index in [2.05, 4.69) is 36.1 Å². The van der Waals surface area contributed by atoms with Gasteiger partial charge in [-0.15, -0.1) is 0 Å². The molecular weight excluding hydrogens is 520 g/mol. The van der Waals surface area contributed by atoms with Crippen LogP contribution in [0, 0.1) is 6.92 Å². The average molecular weight is 563 g/mol. The minimum Gasteiger partial charge on any atom is -0.333 e. The summed E-state index contributed by atoms with van der Waals surface area (Å²) < 4.78 is 26.6. The largest absolute Gasteiger partial charge is 0.333 e. The maximum atomic E-state index is 14.8. The fourth-order valence-corrected chi connectivity index (χ4v) is 8.94. The van der Waals surface area contributed by atoms with Gasteiger partial charge in [-0.05, 0) is 57.1 Å². The first-order valence-electron chi connectivity index (χ1n) is 15.4. The molecule has 7 nitrogen and oxygen atoms in total. The second-order valence-corrected chi connectivity index (χ2v) is 14.4. The molecule has 1 unspecified atom stereocenters. The number of aryl methyl sites for hydroxylation is 2. The van der Waals surface area contributed by atoms with Crippen molar-refractivity contribution in [3.8, 4) is 11.3 Å². The molecule has 2 aliphatic carbocycles. The summed E-state index contributed by atoms with van der Waals surface area (Å²) in [5.41, 5.74) is 4.99. The lowest BCUT2D eigenvalue weighted by Gasteiger charge is -2.42. The Bertz CT molecular complexity index is 1460. The number of rotatable bonds is 6. The number of aromatic nitrogens is 3. The molecular formula is C32H42N4O3S. The highest BCUT2D eigenvalue weighted by Gasteiger charge is 2.36. The smallest absolute Gasteiger partial charge is 0.255 e. The van der Waals surface area contributed by atoms with Crippen molar-refractivity contribution in [3.63, 3.8) is 0 Å². The summed E-state index contributed by atoms with van der Waals surface area (Å²) in [7, 11) is -3.11. The summed E-state index contributed by atoms with van der Waals surface area (Å²) in [6.45, 7) is 4.07. The van der Waals surface area contributed by atoms with Crippen molar-refractivity contribution in [2.45, 2.75) is 109 Å². The Morgan fingerprint density at radius 1 is 0.950 bits per heavy atom. The van der Waals surface area contributed by atoms with Crippen molar-refractivity contribution in [3.05, 3.63) is 47.2 Å². The predicted molar refractivity (Wildman–Crippen MR) is 159 cm³/mol. The van der Waals surface area contributed by atoms with Gasteiger partial charge in [0.05, 0.1) is 39.9 Å². The van der Waals surface area contributed by atoms with E-state index in [4.69, 9.17) is 10.1 Å². The number of amides is 1. The van der Waals surface area contributed by atoms with E-state index in [1.165, 1.54) is 44.1 Å². The lowest BCUT2D eigenvalue weighted by Crippen LogP contribution is -2.48. The van der Waals surface area contributed by atoms with Gasteiger partial charge >= 0.3 is 0 Å². The summed E-state index contributed by atoms with van der Waals surface area (Å²) in [4.78, 5) is 22.1. The standard InChI is InChI=1S/C32H42N4O3S/c1-3-23-14-16-24(17-15-23)29-20-28(30-22(2)34-36(31(30)33-29)27-18-19-40(38,39)21-27)32(37)35(25-10-6-4-7-11-25)26-12-8-5-9-13-26/h14-17,20,25-27H,3-13,18-19,21H2,1-2H3. The number of benzene rings is 1. The molecule has 0 radical (unpaired) electrons. The van der Waals surface area contributed by atoms with Crippen molar-refractivity contribution in [2.75, 3.05) is 11.5 Å². The molecule has 6 rings (SSSR count). The lowest BCUT2D eigenvalue weighted by atomic mass is 9.87. The van der Waals surface area contributed by atoms with Gasteiger partial charge in [-0.1, -0.05) is 69.7 Å². The van der Waals surface area contributed by atoms with E-state index in [1.54, 1.807) is 0 Å². The molecule has 2 saturated carbocycles. The topological polar surface area (TPSA) is 85.2 Å². The predicted octanol–water partition coefficient (Wildman–Crippen LogP) is 6.44. The van der Waals surface area contributed by atoms with Crippen LogP contribution in [0.1, 0.15) is 105 Å². The van der Waals surface area contributed by atoms with Crippen LogP contribution in [0.4, 0.5) is 0 Å². The molecule has 3 fully saturated rings. The summed E-state index contributed by atoms with van der Waals surface area (Å²) in [6.07, 6.45) is 13.0. The summed E-state index contributed by atoms with van der Waals surface area (Å²) >= 11 is 0. The van der Waals surface area contributed by atoms with Crippen LogP contribution < -0.4 is 0 Å². The van der Waals surface area contributed by atoms with Crippen LogP contribution in [0.5, 0.6) is 0 Å². The van der Waals surface area contributed by atoms with Gasteiger partial charge in [0.25, 0.3) is 5.91 Å². The molecule has 1 amide bonds. The minimum absolute atomic E-state index is 0.0693. The monoisotopic (exact) mass is 562 g/mol. The van der Waals surface area contributed by atoms with E-state index in [-0.39, 0.29) is 35.5 Å². The molecule has 0 spiro atoms. The Morgan fingerprint density at radius 3 is 2.12 bits per heavy atom. The van der Waals surface area contributed by atoms with Crippen LogP contribution in [0.2, 0.25) is 0 Å². The molecule has 1 aromatic carbocycles.